The van der Waals surface area contributed by atoms with Crippen molar-refractivity contribution in [2.24, 2.45) is 0 Å². The third-order valence-corrected chi connectivity index (χ3v) is 10.5. The molecule has 3 aromatic heterocycles. The first-order chi connectivity index (χ1) is 27.3. The van der Waals surface area contributed by atoms with Crippen LogP contribution in [0.25, 0.3) is 11.3 Å². The van der Waals surface area contributed by atoms with Crippen molar-refractivity contribution in [1.29, 1.82) is 0 Å². The van der Waals surface area contributed by atoms with Crippen molar-refractivity contribution in [3.63, 3.8) is 0 Å². The predicted molar refractivity (Wildman–Crippen MR) is 218 cm³/mol. The monoisotopic (exact) mass is 791 g/mol. The molecule has 296 valence electrons. The number of amides is 4. The highest BCUT2D eigenvalue weighted by Gasteiger charge is 2.27. The van der Waals surface area contributed by atoms with E-state index >= 15 is 0 Å². The molecule has 0 spiro atoms. The van der Waals surface area contributed by atoms with E-state index in [0.717, 1.165) is 55.1 Å². The van der Waals surface area contributed by atoms with Crippen LogP contribution < -0.4 is 25.8 Å². The van der Waals surface area contributed by atoms with Crippen molar-refractivity contribution in [1.82, 2.24) is 40.6 Å². The molecule has 0 saturated carbocycles. The van der Waals surface area contributed by atoms with Crippen LogP contribution >= 0.6 is 11.6 Å². The molecular formula is C41H46ClN11O4. The SMILES string of the molecule is CC(NC(=O)c1nc(C(C)(C)C)no1)c1ccc(-c2cc(Nc3ccc(N4CCN(CCc5ccc(N6CCC(=O)NC6=O)cc5)C[C@@H]4C)cn3)ncn2)cc1Cl. The Morgan fingerprint density at radius 3 is 2.46 bits per heavy atom. The largest absolute Gasteiger partial charge is 0.365 e. The molecular weight excluding hydrogens is 746 g/mol. The molecule has 2 aliphatic heterocycles. The minimum Gasteiger partial charge on any atom is -0.365 e. The first kappa shape index (κ1) is 39.3. The van der Waals surface area contributed by atoms with Gasteiger partial charge in [-0.25, -0.2) is 19.7 Å². The van der Waals surface area contributed by atoms with E-state index in [1.165, 1.54) is 11.9 Å². The first-order valence-corrected chi connectivity index (χ1v) is 19.4. The summed E-state index contributed by atoms with van der Waals surface area (Å²) < 4.78 is 5.18. The van der Waals surface area contributed by atoms with Gasteiger partial charge in [0.15, 0.2) is 5.82 Å². The number of urea groups is 1. The van der Waals surface area contributed by atoms with E-state index in [0.29, 0.717) is 47.2 Å². The first-order valence-electron chi connectivity index (χ1n) is 19.0. The topological polar surface area (TPSA) is 175 Å². The lowest BCUT2D eigenvalue weighted by atomic mass is 9.96. The van der Waals surface area contributed by atoms with Crippen molar-refractivity contribution in [2.75, 3.05) is 47.8 Å². The van der Waals surface area contributed by atoms with Crippen LogP contribution in [-0.4, -0.2) is 86.6 Å². The highest BCUT2D eigenvalue weighted by atomic mass is 35.5. The lowest BCUT2D eigenvalue weighted by molar-refractivity contribution is -0.120. The number of aromatic nitrogens is 5. The Morgan fingerprint density at radius 2 is 1.77 bits per heavy atom. The molecule has 0 aliphatic carbocycles. The molecule has 2 fully saturated rings. The van der Waals surface area contributed by atoms with Crippen molar-refractivity contribution in [2.45, 2.75) is 65.0 Å². The van der Waals surface area contributed by atoms with Gasteiger partial charge in [-0.1, -0.05) is 61.8 Å². The smallest absolute Gasteiger partial charge is 0.328 e. The molecule has 15 nitrogen and oxygen atoms in total. The zero-order valence-electron chi connectivity index (χ0n) is 32.6. The number of nitrogens with zero attached hydrogens (tertiary/aromatic N) is 8. The molecule has 2 saturated heterocycles. The fourth-order valence-corrected chi connectivity index (χ4v) is 7.24. The molecule has 3 N–H and O–H groups in total. The summed E-state index contributed by atoms with van der Waals surface area (Å²) in [4.78, 5) is 60.7. The van der Waals surface area contributed by atoms with Crippen molar-refractivity contribution in [3.8, 4) is 11.3 Å². The van der Waals surface area contributed by atoms with Crippen LogP contribution in [0.15, 0.2) is 77.7 Å². The van der Waals surface area contributed by atoms with Crippen LogP contribution in [0.4, 0.5) is 27.8 Å². The van der Waals surface area contributed by atoms with Gasteiger partial charge in [0.05, 0.1) is 23.6 Å². The second-order valence-electron chi connectivity index (χ2n) is 15.4. The van der Waals surface area contributed by atoms with E-state index in [1.54, 1.807) is 4.90 Å². The quantitative estimate of drug-likeness (QED) is 0.136. The number of carbonyl (C=O) groups excluding carboxylic acids is 3. The second kappa shape index (κ2) is 16.7. The molecule has 7 rings (SSSR count). The lowest BCUT2D eigenvalue weighted by Gasteiger charge is -2.41. The van der Waals surface area contributed by atoms with Gasteiger partial charge in [-0.3, -0.25) is 24.7 Å². The minimum atomic E-state index is -0.476. The summed E-state index contributed by atoms with van der Waals surface area (Å²) in [6.07, 6.45) is 4.59. The third-order valence-electron chi connectivity index (χ3n) is 10.1. The van der Waals surface area contributed by atoms with Gasteiger partial charge in [0, 0.05) is 72.9 Å². The van der Waals surface area contributed by atoms with Crippen LogP contribution in [0.1, 0.15) is 74.7 Å². The average molecular weight is 792 g/mol. The molecule has 16 heteroatoms. The van der Waals surface area contributed by atoms with E-state index in [1.807, 2.05) is 76.4 Å². The van der Waals surface area contributed by atoms with Crippen molar-refractivity contribution >= 4 is 52.5 Å². The standard InChI is InChI=1S/C41H46ClN11O4/c1-25-23-51(16-14-27-6-9-29(10-7-27)53-17-15-36(54)48-40(53)56)18-19-52(25)30-11-13-34(43-22-30)47-35-21-33(44-24-45-35)28-8-12-31(32(42)20-28)26(2)46-37(55)38-49-39(50-57-38)41(3,4)5/h6-13,20-22,24-26H,14-19,23H2,1-5H3,(H,46,55)(H,48,54,56)(H,43,44,45,47)/t25-,26?/m0/s1. The van der Waals surface area contributed by atoms with Crippen LogP contribution in [0.5, 0.6) is 0 Å². The van der Waals surface area contributed by atoms with Crippen molar-refractivity contribution < 1.29 is 18.9 Å². The van der Waals surface area contributed by atoms with Gasteiger partial charge in [0.1, 0.15) is 18.0 Å². The summed E-state index contributed by atoms with van der Waals surface area (Å²) in [5.74, 6) is 0.888. The Morgan fingerprint density at radius 1 is 0.982 bits per heavy atom. The van der Waals surface area contributed by atoms with E-state index in [2.05, 4.69) is 71.0 Å². The number of pyridine rings is 1. The zero-order chi connectivity index (χ0) is 40.3. The van der Waals surface area contributed by atoms with Gasteiger partial charge in [0.25, 0.3) is 0 Å². The molecule has 57 heavy (non-hydrogen) atoms. The Hall–Kier alpha value is -5.93. The minimum absolute atomic E-state index is 0.0984. The molecule has 0 radical (unpaired) electrons. The summed E-state index contributed by atoms with van der Waals surface area (Å²) in [5.41, 5.74) is 4.90. The zero-order valence-corrected chi connectivity index (χ0v) is 33.4. The molecule has 2 aromatic carbocycles. The summed E-state index contributed by atoms with van der Waals surface area (Å²) in [7, 11) is 0. The number of halogens is 1. The highest BCUT2D eigenvalue weighted by Crippen LogP contribution is 2.30. The Bertz CT molecular complexity index is 2240. The summed E-state index contributed by atoms with van der Waals surface area (Å²) in [5, 5.41) is 12.9. The van der Waals surface area contributed by atoms with Gasteiger partial charge in [-0.15, -0.1) is 0 Å². The van der Waals surface area contributed by atoms with Gasteiger partial charge >= 0.3 is 17.8 Å². The maximum Gasteiger partial charge on any atom is 0.328 e. The summed E-state index contributed by atoms with van der Waals surface area (Å²) >= 11 is 6.71. The number of nitrogens with one attached hydrogen (secondary N) is 3. The number of piperazine rings is 1. The fraction of sp³-hybridized carbons (Fsp3) is 0.366. The molecule has 0 bridgehead atoms. The number of anilines is 4. The van der Waals surface area contributed by atoms with Gasteiger partial charge in [0.2, 0.25) is 5.91 Å². The van der Waals surface area contributed by atoms with E-state index in [9.17, 15) is 14.4 Å². The number of carbonyl (C=O) groups is 3. The van der Waals surface area contributed by atoms with Gasteiger partial charge in [-0.05, 0) is 61.7 Å². The molecule has 2 atom stereocenters. The average Bonchev–Trinajstić information content (AvgIpc) is 3.70. The fourth-order valence-electron chi connectivity index (χ4n) is 6.90. The summed E-state index contributed by atoms with van der Waals surface area (Å²) in [6, 6.07) is 19.0. The number of rotatable bonds is 11. The Labute approximate surface area is 336 Å². The Kier molecular flexibility index (Phi) is 11.5. The van der Waals surface area contributed by atoms with Crippen LogP contribution in [-0.2, 0) is 16.6 Å². The van der Waals surface area contributed by atoms with E-state index < -0.39 is 11.9 Å². The molecule has 5 heterocycles. The normalized spacial score (nSPS) is 17.0. The molecule has 5 aromatic rings. The third kappa shape index (κ3) is 9.38. The number of imide groups is 1. The van der Waals surface area contributed by atoms with Crippen LogP contribution in [0, 0.1) is 0 Å². The highest BCUT2D eigenvalue weighted by molar-refractivity contribution is 6.31. The molecule has 2 aliphatic rings. The van der Waals surface area contributed by atoms with Gasteiger partial charge in [-0.2, -0.15) is 4.98 Å². The number of hydrogen-bond acceptors (Lipinski definition) is 12. The van der Waals surface area contributed by atoms with Crippen LogP contribution in [0.3, 0.4) is 0 Å². The van der Waals surface area contributed by atoms with Crippen LogP contribution in [0.2, 0.25) is 5.02 Å². The van der Waals surface area contributed by atoms with E-state index in [4.69, 9.17) is 21.1 Å². The molecule has 1 unspecified atom stereocenters. The summed E-state index contributed by atoms with van der Waals surface area (Å²) in [6.45, 7) is 14.0. The predicted octanol–water partition coefficient (Wildman–Crippen LogP) is 6.31. The maximum atomic E-state index is 12.8. The second-order valence-corrected chi connectivity index (χ2v) is 15.8. The van der Waals surface area contributed by atoms with Crippen molar-refractivity contribution in [3.05, 3.63) is 101 Å². The van der Waals surface area contributed by atoms with Gasteiger partial charge < -0.3 is 20.1 Å². The number of hydrogen-bond donors (Lipinski definition) is 3. The van der Waals surface area contributed by atoms with E-state index in [-0.39, 0.29) is 23.2 Å². The maximum absolute atomic E-state index is 12.8. The number of benzene rings is 2. The molecule has 4 amide bonds. The lowest BCUT2D eigenvalue weighted by Crippen LogP contribution is -2.52. The Balaban J connectivity index is 0.901.